The fraction of sp³-hybridized carbons (Fsp3) is 0.560. The Kier molecular flexibility index (Phi) is 8.13. The molecule has 1 aromatic carbocycles. The van der Waals surface area contributed by atoms with Gasteiger partial charge in [-0.3, -0.25) is 14.5 Å². The number of ether oxygens (including phenoxy) is 2. The number of rotatable bonds is 7. The molecule has 5 atom stereocenters. The first-order chi connectivity index (χ1) is 16.3. The van der Waals surface area contributed by atoms with E-state index in [4.69, 9.17) is 14.3 Å². The molecule has 0 saturated carbocycles. The number of aliphatic hydroxyl groups excluding tert-OH is 1. The lowest BCUT2D eigenvalue weighted by molar-refractivity contribution is -0.120. The van der Waals surface area contributed by atoms with Crippen molar-refractivity contribution in [2.24, 2.45) is 5.92 Å². The number of nitrogens with one attached hydrogen (secondary N) is 1. The highest BCUT2D eigenvalue weighted by molar-refractivity contribution is 5.95. The summed E-state index contributed by atoms with van der Waals surface area (Å²) in [5.74, 6) is -0.708. The van der Waals surface area contributed by atoms with E-state index in [0.717, 1.165) is 5.56 Å². The Bertz CT molecular complexity index is 916. The molecule has 0 aromatic heterocycles. The first kappa shape index (κ1) is 25.0. The van der Waals surface area contributed by atoms with E-state index in [1.165, 1.54) is 12.1 Å². The van der Waals surface area contributed by atoms with Crippen LogP contribution in [0.5, 0.6) is 0 Å². The second kappa shape index (κ2) is 11.1. The van der Waals surface area contributed by atoms with Gasteiger partial charge in [0.05, 0.1) is 44.6 Å². The number of aliphatic hydroxyl groups is 1. The van der Waals surface area contributed by atoms with E-state index in [1.54, 1.807) is 23.3 Å². The molecule has 3 aliphatic rings. The summed E-state index contributed by atoms with van der Waals surface area (Å²) in [6, 6.07) is 5.98. The number of carbonyl (C=O) groups excluding carboxylic acids is 1. The predicted molar refractivity (Wildman–Crippen MR) is 124 cm³/mol. The van der Waals surface area contributed by atoms with E-state index in [2.05, 4.69) is 5.32 Å². The van der Waals surface area contributed by atoms with E-state index in [-0.39, 0.29) is 36.3 Å². The van der Waals surface area contributed by atoms with Gasteiger partial charge >= 0.3 is 0 Å². The lowest BCUT2D eigenvalue weighted by atomic mass is 9.86. The van der Waals surface area contributed by atoms with E-state index in [9.17, 15) is 14.3 Å². The minimum absolute atomic E-state index is 0.0260. The molecule has 2 N–H and O–H groups in total. The summed E-state index contributed by atoms with van der Waals surface area (Å²) in [7, 11) is 1.84. The number of hydrogen-bond acceptors (Lipinski definition) is 7. The maximum atomic E-state index is 13.4. The molecule has 1 amide bonds. The Morgan fingerprint density at radius 3 is 2.62 bits per heavy atom. The van der Waals surface area contributed by atoms with Gasteiger partial charge < -0.3 is 19.9 Å². The normalized spacial score (nSPS) is 29.4. The fourth-order valence-corrected chi connectivity index (χ4v) is 4.50. The van der Waals surface area contributed by atoms with Crippen LogP contribution in [0.15, 0.2) is 47.6 Å². The molecular formula is C25H34FN3O5. The largest absolute Gasteiger partial charge is 0.379 e. The maximum Gasteiger partial charge on any atom is 0.250 e. The van der Waals surface area contributed by atoms with Gasteiger partial charge in [0.1, 0.15) is 12.0 Å². The summed E-state index contributed by atoms with van der Waals surface area (Å²) in [5, 5.41) is 15.8. The minimum atomic E-state index is -0.827. The van der Waals surface area contributed by atoms with E-state index in [0.29, 0.717) is 44.1 Å². The number of hydrogen-bond donors (Lipinski definition) is 2. The van der Waals surface area contributed by atoms with Gasteiger partial charge in [0, 0.05) is 31.6 Å². The molecule has 0 bridgehead atoms. The molecule has 4 rings (SSSR count). The third kappa shape index (κ3) is 5.73. The van der Waals surface area contributed by atoms with Crippen LogP contribution in [-0.2, 0) is 25.7 Å². The third-order valence-corrected chi connectivity index (χ3v) is 6.79. The first-order valence-corrected chi connectivity index (χ1v) is 11.8. The van der Waals surface area contributed by atoms with Gasteiger partial charge in [0.2, 0.25) is 5.91 Å². The average Bonchev–Trinajstić information content (AvgIpc) is 3.16. The van der Waals surface area contributed by atoms with Crippen molar-refractivity contribution in [1.29, 1.82) is 0 Å². The number of morpholine rings is 1. The van der Waals surface area contributed by atoms with Gasteiger partial charge in [-0.05, 0) is 36.3 Å². The molecule has 2 heterocycles. The van der Waals surface area contributed by atoms with Crippen LogP contribution in [0.2, 0.25) is 0 Å². The second-order valence-electron chi connectivity index (χ2n) is 9.17. The van der Waals surface area contributed by atoms with Crippen molar-refractivity contribution >= 4 is 5.91 Å². The number of halogens is 1. The number of amides is 1. The van der Waals surface area contributed by atoms with Gasteiger partial charge in [-0.15, -0.1) is 0 Å². The molecule has 5 unspecified atom stereocenters. The molecule has 34 heavy (non-hydrogen) atoms. The summed E-state index contributed by atoms with van der Waals surface area (Å²) in [6.45, 7) is 6.96. The standard InChI is InChI=1S/C25H34FN3O5/c1-16-12-19(25(31)29-8-10-32-11-9-29)13-21(24(30)27-22-15-34-28(3)17(22)2)23(16)33-14-18-4-6-20(26)7-5-18/h4-7,12-13,16-17,22-23,25,31H,8-11,14-15H2,1-3H3,(H,27,30). The second-order valence-corrected chi connectivity index (χ2v) is 9.17. The van der Waals surface area contributed by atoms with E-state index < -0.39 is 12.3 Å². The zero-order valence-electron chi connectivity index (χ0n) is 19.9. The van der Waals surface area contributed by atoms with E-state index in [1.807, 2.05) is 31.9 Å². The average molecular weight is 476 g/mol. The first-order valence-electron chi connectivity index (χ1n) is 11.8. The number of hydroxylamine groups is 2. The molecule has 2 fully saturated rings. The summed E-state index contributed by atoms with van der Waals surface area (Å²) < 4.78 is 24.9. The number of carbonyl (C=O) groups is 1. The molecular weight excluding hydrogens is 441 g/mol. The zero-order chi connectivity index (χ0) is 24.2. The highest BCUT2D eigenvalue weighted by Gasteiger charge is 2.36. The summed E-state index contributed by atoms with van der Waals surface area (Å²) in [5.41, 5.74) is 1.95. The Morgan fingerprint density at radius 1 is 1.26 bits per heavy atom. The molecule has 0 spiro atoms. The van der Waals surface area contributed by atoms with Crippen molar-refractivity contribution in [3.05, 3.63) is 58.9 Å². The molecule has 2 aliphatic heterocycles. The molecule has 8 nitrogen and oxygen atoms in total. The smallest absolute Gasteiger partial charge is 0.250 e. The molecule has 0 radical (unpaired) electrons. The van der Waals surface area contributed by atoms with Crippen LogP contribution in [-0.4, -0.2) is 85.4 Å². The number of nitrogens with zero attached hydrogens (tertiary/aromatic N) is 2. The van der Waals surface area contributed by atoms with Gasteiger partial charge in [-0.2, -0.15) is 5.06 Å². The van der Waals surface area contributed by atoms with Crippen LogP contribution >= 0.6 is 0 Å². The van der Waals surface area contributed by atoms with Crippen molar-refractivity contribution < 1.29 is 28.6 Å². The van der Waals surface area contributed by atoms with Crippen molar-refractivity contribution in [2.45, 2.75) is 44.9 Å². The predicted octanol–water partition coefficient (Wildman–Crippen LogP) is 1.61. The lowest BCUT2D eigenvalue weighted by Gasteiger charge is -2.35. The van der Waals surface area contributed by atoms with Crippen molar-refractivity contribution in [1.82, 2.24) is 15.3 Å². The summed E-state index contributed by atoms with van der Waals surface area (Å²) >= 11 is 0. The van der Waals surface area contributed by atoms with Crippen molar-refractivity contribution in [3.8, 4) is 0 Å². The molecule has 1 aliphatic carbocycles. The lowest BCUT2D eigenvalue weighted by Crippen LogP contribution is -2.48. The Morgan fingerprint density at radius 2 is 1.97 bits per heavy atom. The molecule has 186 valence electrons. The highest BCUT2D eigenvalue weighted by Crippen LogP contribution is 2.30. The zero-order valence-corrected chi connectivity index (χ0v) is 19.9. The Balaban J connectivity index is 1.54. The fourth-order valence-electron chi connectivity index (χ4n) is 4.50. The van der Waals surface area contributed by atoms with Crippen LogP contribution < -0.4 is 5.32 Å². The number of benzene rings is 1. The van der Waals surface area contributed by atoms with Crippen LogP contribution in [0, 0.1) is 11.7 Å². The Labute approximate surface area is 199 Å². The summed E-state index contributed by atoms with van der Waals surface area (Å²) in [4.78, 5) is 20.9. The minimum Gasteiger partial charge on any atom is -0.379 e. The van der Waals surface area contributed by atoms with Crippen molar-refractivity contribution in [3.63, 3.8) is 0 Å². The van der Waals surface area contributed by atoms with E-state index >= 15 is 0 Å². The van der Waals surface area contributed by atoms with Crippen LogP contribution in [0.1, 0.15) is 19.4 Å². The quantitative estimate of drug-likeness (QED) is 0.620. The monoisotopic (exact) mass is 475 g/mol. The Hall–Kier alpha value is -2.14. The topological polar surface area (TPSA) is 83.5 Å². The van der Waals surface area contributed by atoms with Gasteiger partial charge in [0.15, 0.2) is 0 Å². The SMILES string of the molecule is CC1C=C(C(O)N2CCOCC2)C=C(C(=O)NC2CON(C)C2C)C1OCc1ccc(F)cc1. The number of likely N-dealkylation sites (N-methyl/N-ethyl adjacent to an activating group) is 1. The highest BCUT2D eigenvalue weighted by atomic mass is 19.1. The van der Waals surface area contributed by atoms with Gasteiger partial charge in [-0.25, -0.2) is 4.39 Å². The molecule has 1 aromatic rings. The van der Waals surface area contributed by atoms with Crippen molar-refractivity contribution in [2.75, 3.05) is 40.0 Å². The summed E-state index contributed by atoms with van der Waals surface area (Å²) in [6.07, 6.45) is 2.36. The molecule has 2 saturated heterocycles. The van der Waals surface area contributed by atoms with Crippen LogP contribution in [0.3, 0.4) is 0 Å². The van der Waals surface area contributed by atoms with Gasteiger partial charge in [-0.1, -0.05) is 25.1 Å². The van der Waals surface area contributed by atoms with Crippen LogP contribution in [0.4, 0.5) is 4.39 Å². The molecule has 9 heteroatoms. The van der Waals surface area contributed by atoms with Crippen LogP contribution in [0.25, 0.3) is 0 Å². The maximum absolute atomic E-state index is 13.4. The van der Waals surface area contributed by atoms with Gasteiger partial charge in [0.25, 0.3) is 0 Å². The third-order valence-electron chi connectivity index (χ3n) is 6.79.